The maximum absolute atomic E-state index is 13.5. The lowest BCUT2D eigenvalue weighted by atomic mass is 10.1. The molecule has 1 atom stereocenters. The Morgan fingerprint density at radius 3 is 2.79 bits per heavy atom. The van der Waals surface area contributed by atoms with Crippen molar-refractivity contribution in [2.75, 3.05) is 12.3 Å². The number of furan rings is 1. The number of likely N-dealkylation sites (tertiary alicyclic amines) is 1. The van der Waals surface area contributed by atoms with Gasteiger partial charge in [-0.25, -0.2) is 4.98 Å². The summed E-state index contributed by atoms with van der Waals surface area (Å²) in [6, 6.07) is 4.05. The molecule has 0 saturated carbocycles. The third-order valence-corrected chi connectivity index (χ3v) is 5.31. The van der Waals surface area contributed by atoms with Crippen LogP contribution in [0.2, 0.25) is 0 Å². The molecule has 29 heavy (non-hydrogen) atoms. The molecule has 0 radical (unpaired) electrons. The van der Waals surface area contributed by atoms with Gasteiger partial charge in [0, 0.05) is 6.54 Å². The molecule has 1 saturated heterocycles. The van der Waals surface area contributed by atoms with Gasteiger partial charge in [0.15, 0.2) is 5.76 Å². The Morgan fingerprint density at radius 2 is 2.21 bits per heavy atom. The van der Waals surface area contributed by atoms with E-state index in [1.807, 2.05) is 0 Å². The first kappa shape index (κ1) is 20.7. The van der Waals surface area contributed by atoms with Gasteiger partial charge in [-0.3, -0.25) is 4.79 Å². The van der Waals surface area contributed by atoms with E-state index in [0.717, 1.165) is 11.0 Å². The zero-order chi connectivity index (χ0) is 21.2. The van der Waals surface area contributed by atoms with E-state index in [2.05, 4.69) is 4.98 Å². The van der Waals surface area contributed by atoms with E-state index in [4.69, 9.17) is 4.42 Å². The molecule has 1 aliphatic rings. The highest BCUT2D eigenvalue weighted by atomic mass is 32.2. The Morgan fingerprint density at radius 1 is 1.45 bits per heavy atom. The van der Waals surface area contributed by atoms with Crippen LogP contribution in [-0.4, -0.2) is 40.1 Å². The molecule has 1 fully saturated rings. The summed E-state index contributed by atoms with van der Waals surface area (Å²) < 4.78 is 45.5. The van der Waals surface area contributed by atoms with Crippen molar-refractivity contribution >= 4 is 23.6 Å². The smallest absolute Gasteiger partial charge is 0.417 e. The second-order valence-electron chi connectivity index (χ2n) is 6.17. The number of alkyl halides is 3. The largest absolute Gasteiger partial charge is 0.548 e. The molecule has 0 N–H and O–H groups in total. The van der Waals surface area contributed by atoms with Crippen LogP contribution < -0.4 is 5.11 Å². The van der Waals surface area contributed by atoms with Gasteiger partial charge in [0.1, 0.15) is 16.8 Å². The van der Waals surface area contributed by atoms with Crippen LogP contribution in [0.4, 0.5) is 13.2 Å². The van der Waals surface area contributed by atoms with Gasteiger partial charge in [0.05, 0.1) is 35.2 Å². The van der Waals surface area contributed by atoms with Gasteiger partial charge in [-0.05, 0) is 31.0 Å². The minimum absolute atomic E-state index is 0.0738. The minimum Gasteiger partial charge on any atom is -0.548 e. The van der Waals surface area contributed by atoms with Gasteiger partial charge < -0.3 is 19.2 Å². The second-order valence-corrected chi connectivity index (χ2v) is 7.14. The van der Waals surface area contributed by atoms with Crippen molar-refractivity contribution in [3.05, 3.63) is 35.6 Å². The lowest BCUT2D eigenvalue weighted by Crippen LogP contribution is -2.47. The highest BCUT2D eigenvalue weighted by Gasteiger charge is 2.37. The van der Waals surface area contributed by atoms with Crippen LogP contribution in [0.3, 0.4) is 0 Å². The Balaban J connectivity index is 1.92. The molecule has 7 nitrogen and oxygen atoms in total. The molecule has 152 valence electrons. The summed E-state index contributed by atoms with van der Waals surface area (Å²) in [6.07, 6.45) is -2.80. The van der Waals surface area contributed by atoms with Crippen molar-refractivity contribution in [1.29, 1.82) is 5.26 Å². The fourth-order valence-electron chi connectivity index (χ4n) is 3.03. The number of aromatic nitrogens is 1. The SMILES string of the molecule is N#Cc1c(C(F)(F)F)cc(-c2ccco2)nc1SCC(=O)N1CCC[C@H]1C(=O)[O-]. The first-order valence-corrected chi connectivity index (χ1v) is 9.40. The van der Waals surface area contributed by atoms with E-state index in [1.54, 1.807) is 0 Å². The molecule has 0 unspecified atom stereocenters. The van der Waals surface area contributed by atoms with E-state index < -0.39 is 35.2 Å². The third-order valence-electron chi connectivity index (χ3n) is 4.35. The number of hydrogen-bond donors (Lipinski definition) is 0. The average molecular weight is 424 g/mol. The number of thioether (sulfide) groups is 1. The Labute approximate surface area is 167 Å². The van der Waals surface area contributed by atoms with Crippen LogP contribution in [0.5, 0.6) is 0 Å². The van der Waals surface area contributed by atoms with Gasteiger partial charge in [-0.2, -0.15) is 18.4 Å². The van der Waals surface area contributed by atoms with Crippen LogP contribution in [-0.2, 0) is 15.8 Å². The van der Waals surface area contributed by atoms with Gasteiger partial charge in [-0.1, -0.05) is 11.8 Å². The second kappa shape index (κ2) is 8.16. The number of nitrogens with zero attached hydrogens (tertiary/aromatic N) is 3. The third kappa shape index (κ3) is 4.37. The predicted molar refractivity (Wildman–Crippen MR) is 92.1 cm³/mol. The summed E-state index contributed by atoms with van der Waals surface area (Å²) in [5.74, 6) is -2.25. The maximum Gasteiger partial charge on any atom is 0.417 e. The summed E-state index contributed by atoms with van der Waals surface area (Å²) in [7, 11) is 0. The zero-order valence-electron chi connectivity index (χ0n) is 14.7. The Bertz CT molecular complexity index is 970. The number of pyridine rings is 1. The van der Waals surface area contributed by atoms with Crippen molar-refractivity contribution in [1.82, 2.24) is 9.88 Å². The highest BCUT2D eigenvalue weighted by molar-refractivity contribution is 8.00. The number of rotatable bonds is 5. The molecule has 0 bridgehead atoms. The predicted octanol–water partition coefficient (Wildman–Crippen LogP) is 2.07. The summed E-state index contributed by atoms with van der Waals surface area (Å²) >= 11 is 0.642. The van der Waals surface area contributed by atoms with Gasteiger partial charge in [0.25, 0.3) is 0 Å². The van der Waals surface area contributed by atoms with Crippen LogP contribution >= 0.6 is 11.8 Å². The number of aliphatic carboxylic acids is 1. The zero-order valence-corrected chi connectivity index (χ0v) is 15.5. The van der Waals surface area contributed by atoms with Crippen LogP contribution in [0.25, 0.3) is 11.5 Å². The molecule has 0 aromatic carbocycles. The van der Waals surface area contributed by atoms with Crippen LogP contribution in [0.1, 0.15) is 24.0 Å². The first-order valence-electron chi connectivity index (χ1n) is 8.41. The molecule has 2 aromatic heterocycles. The monoisotopic (exact) mass is 424 g/mol. The summed E-state index contributed by atoms with van der Waals surface area (Å²) in [5.41, 5.74) is -2.03. The number of hydrogen-bond acceptors (Lipinski definition) is 7. The van der Waals surface area contributed by atoms with Crippen molar-refractivity contribution < 1.29 is 32.3 Å². The molecule has 0 spiro atoms. The molecular weight excluding hydrogens is 411 g/mol. The normalized spacial score (nSPS) is 16.6. The summed E-state index contributed by atoms with van der Waals surface area (Å²) in [5, 5.41) is 20.1. The number of carboxylic acid groups (broad SMARTS) is 1. The fourth-order valence-corrected chi connectivity index (χ4v) is 3.92. The average Bonchev–Trinajstić information content (AvgIpc) is 3.36. The lowest BCUT2D eigenvalue weighted by molar-refractivity contribution is -0.310. The minimum atomic E-state index is -4.82. The van der Waals surface area contributed by atoms with Crippen molar-refractivity contribution in [2.24, 2.45) is 0 Å². The lowest BCUT2D eigenvalue weighted by Gasteiger charge is -2.25. The Hall–Kier alpha value is -3.00. The van der Waals surface area contributed by atoms with Gasteiger partial charge in [-0.15, -0.1) is 0 Å². The van der Waals surface area contributed by atoms with E-state index in [-0.39, 0.29) is 35.2 Å². The molecule has 2 aromatic rings. The molecule has 1 amide bonds. The van der Waals surface area contributed by atoms with Crippen molar-refractivity contribution in [3.8, 4) is 17.5 Å². The topological polar surface area (TPSA) is 110 Å². The number of carboxylic acids is 1. The van der Waals surface area contributed by atoms with Crippen LogP contribution in [0.15, 0.2) is 33.9 Å². The molecule has 11 heteroatoms. The van der Waals surface area contributed by atoms with E-state index >= 15 is 0 Å². The summed E-state index contributed by atoms with van der Waals surface area (Å²) in [6.45, 7) is 0.219. The van der Waals surface area contributed by atoms with Crippen molar-refractivity contribution in [3.63, 3.8) is 0 Å². The summed E-state index contributed by atoms with van der Waals surface area (Å²) in [4.78, 5) is 28.7. The molecule has 0 aliphatic carbocycles. The maximum atomic E-state index is 13.5. The quantitative estimate of drug-likeness (QED) is 0.676. The van der Waals surface area contributed by atoms with E-state index in [0.29, 0.717) is 18.2 Å². The first-order chi connectivity index (χ1) is 13.7. The van der Waals surface area contributed by atoms with Gasteiger partial charge in [0.2, 0.25) is 5.91 Å². The molecular formula is C18H13F3N3O4S-. The molecule has 3 rings (SSSR count). The number of carbonyl (C=O) groups is 2. The highest BCUT2D eigenvalue weighted by Crippen LogP contribution is 2.38. The fraction of sp³-hybridized carbons (Fsp3) is 0.333. The standard InChI is InChI=1S/C18H14F3N3O4S/c19-18(20,21)11-7-12(14-4-2-6-28-14)23-16(10(11)8-22)29-9-15(25)24-5-1-3-13(24)17(26)27/h2,4,6-7,13H,1,3,5,9H2,(H,26,27)/p-1/t13-/m0/s1. The number of carbonyl (C=O) groups excluding carboxylic acids is 2. The van der Waals surface area contributed by atoms with Crippen molar-refractivity contribution in [2.45, 2.75) is 30.1 Å². The molecule has 1 aliphatic heterocycles. The number of halogens is 3. The number of nitriles is 1. The van der Waals surface area contributed by atoms with E-state index in [1.165, 1.54) is 24.5 Å². The Kier molecular flexibility index (Phi) is 5.83. The van der Waals surface area contributed by atoms with E-state index in [9.17, 15) is 33.1 Å². The molecule has 3 heterocycles. The van der Waals surface area contributed by atoms with Crippen LogP contribution in [0, 0.1) is 11.3 Å². The number of amides is 1. The van der Waals surface area contributed by atoms with Gasteiger partial charge >= 0.3 is 6.18 Å².